The molecule has 1 aliphatic heterocycles. The summed E-state index contributed by atoms with van der Waals surface area (Å²) in [5.74, 6) is 0.545. The van der Waals surface area contributed by atoms with Crippen LogP contribution in [0.25, 0.3) is 0 Å². The molecule has 0 radical (unpaired) electrons. The maximum atomic E-state index is 12.1. The van der Waals surface area contributed by atoms with Crippen LogP contribution in [-0.2, 0) is 0 Å². The summed E-state index contributed by atoms with van der Waals surface area (Å²) in [4.78, 5) is 6.07. The quantitative estimate of drug-likeness (QED) is 0.614. The molecule has 1 rings (SSSR count). The number of aliphatic imine (C=N–C) groups is 1. The van der Waals surface area contributed by atoms with E-state index in [1.807, 2.05) is 4.90 Å². The number of rotatable bonds is 2. The molecule has 0 unspecified atom stereocenters. The smallest absolute Gasteiger partial charge is 0.356 e. The van der Waals surface area contributed by atoms with Crippen LogP contribution < -0.4 is 5.32 Å². The molecule has 106 valence electrons. The maximum absolute atomic E-state index is 12.1. The first-order chi connectivity index (χ1) is 8.01. The summed E-state index contributed by atoms with van der Waals surface area (Å²) in [6, 6.07) is 0. The highest BCUT2D eigenvalue weighted by molar-refractivity contribution is 5.81. The van der Waals surface area contributed by atoms with E-state index in [-0.39, 0.29) is 17.5 Å². The van der Waals surface area contributed by atoms with E-state index in [1.54, 1.807) is 7.05 Å². The standard InChI is InChI=1S/C12H22F3N3/c1-10(2)8-18(11(10,3)4)9(16-5)17-7-6-12(13,14)15/h6-8H2,1-5H3,(H,16,17). The van der Waals surface area contributed by atoms with Gasteiger partial charge in [0.25, 0.3) is 0 Å². The summed E-state index contributed by atoms with van der Waals surface area (Å²) in [5, 5.41) is 2.78. The molecule has 1 heterocycles. The maximum Gasteiger partial charge on any atom is 0.390 e. The molecule has 1 N–H and O–H groups in total. The Hall–Kier alpha value is -0.940. The van der Waals surface area contributed by atoms with Crippen LogP contribution in [0.3, 0.4) is 0 Å². The Bertz CT molecular complexity index is 332. The van der Waals surface area contributed by atoms with Crippen LogP contribution in [0.5, 0.6) is 0 Å². The first kappa shape index (κ1) is 15.1. The van der Waals surface area contributed by atoms with Crippen molar-refractivity contribution in [2.75, 3.05) is 20.1 Å². The Balaban J connectivity index is 2.55. The van der Waals surface area contributed by atoms with Gasteiger partial charge in [0.1, 0.15) is 0 Å². The first-order valence-corrected chi connectivity index (χ1v) is 6.06. The molecule has 0 aromatic carbocycles. The lowest BCUT2D eigenvalue weighted by Crippen LogP contribution is -2.72. The minimum atomic E-state index is -4.13. The zero-order valence-corrected chi connectivity index (χ0v) is 11.6. The van der Waals surface area contributed by atoms with Crippen LogP contribution in [0.15, 0.2) is 4.99 Å². The van der Waals surface area contributed by atoms with Crippen molar-refractivity contribution in [3.8, 4) is 0 Å². The highest BCUT2D eigenvalue weighted by Crippen LogP contribution is 2.46. The number of halogens is 3. The zero-order valence-electron chi connectivity index (χ0n) is 11.6. The monoisotopic (exact) mass is 265 g/mol. The SMILES string of the molecule is CN=C(NCCC(F)(F)F)N1CC(C)(C)C1(C)C. The molecule has 3 nitrogen and oxygen atoms in total. The van der Waals surface area contributed by atoms with Gasteiger partial charge in [-0.2, -0.15) is 13.2 Å². The van der Waals surface area contributed by atoms with Crippen molar-refractivity contribution < 1.29 is 13.2 Å². The first-order valence-electron chi connectivity index (χ1n) is 6.06. The molecule has 1 saturated heterocycles. The number of nitrogens with one attached hydrogen (secondary N) is 1. The molecular formula is C12H22F3N3. The van der Waals surface area contributed by atoms with Gasteiger partial charge in [-0.3, -0.25) is 4.99 Å². The van der Waals surface area contributed by atoms with Crippen molar-refractivity contribution in [3.63, 3.8) is 0 Å². The average molecular weight is 265 g/mol. The third-order valence-corrected chi connectivity index (χ3v) is 4.04. The predicted molar refractivity (Wildman–Crippen MR) is 66.6 cm³/mol. The summed E-state index contributed by atoms with van der Waals surface area (Å²) < 4.78 is 36.3. The lowest BCUT2D eigenvalue weighted by molar-refractivity contribution is -0.133. The van der Waals surface area contributed by atoms with Crippen LogP contribution in [0, 0.1) is 5.41 Å². The minimum absolute atomic E-state index is 0.104. The number of nitrogens with zero attached hydrogens (tertiary/aromatic N) is 2. The number of guanidine groups is 1. The number of hydrogen-bond acceptors (Lipinski definition) is 1. The van der Waals surface area contributed by atoms with Gasteiger partial charge < -0.3 is 10.2 Å². The van der Waals surface area contributed by atoms with E-state index in [0.717, 1.165) is 6.54 Å². The van der Waals surface area contributed by atoms with Gasteiger partial charge in [0, 0.05) is 31.1 Å². The van der Waals surface area contributed by atoms with Gasteiger partial charge in [0.05, 0.1) is 6.42 Å². The van der Waals surface area contributed by atoms with E-state index >= 15 is 0 Å². The second-order valence-electron chi connectivity index (χ2n) is 5.87. The predicted octanol–water partition coefficient (Wildman–Crippen LogP) is 2.63. The second-order valence-corrected chi connectivity index (χ2v) is 5.87. The Kier molecular flexibility index (Phi) is 3.89. The van der Waals surface area contributed by atoms with Crippen LogP contribution in [-0.4, -0.2) is 42.7 Å². The van der Waals surface area contributed by atoms with Crippen LogP contribution in [0.1, 0.15) is 34.1 Å². The van der Waals surface area contributed by atoms with Crippen molar-refractivity contribution in [3.05, 3.63) is 0 Å². The lowest BCUT2D eigenvalue weighted by Gasteiger charge is -2.62. The lowest BCUT2D eigenvalue weighted by atomic mass is 9.65. The van der Waals surface area contributed by atoms with Crippen LogP contribution >= 0.6 is 0 Å². The van der Waals surface area contributed by atoms with Gasteiger partial charge >= 0.3 is 6.18 Å². The average Bonchev–Trinajstić information content (AvgIpc) is 2.20. The summed E-state index contributed by atoms with van der Waals surface area (Å²) in [6.07, 6.45) is -4.97. The van der Waals surface area contributed by atoms with Crippen molar-refractivity contribution >= 4 is 5.96 Å². The van der Waals surface area contributed by atoms with Crippen molar-refractivity contribution in [1.82, 2.24) is 10.2 Å². The minimum Gasteiger partial charge on any atom is -0.356 e. The van der Waals surface area contributed by atoms with E-state index in [0.29, 0.717) is 5.96 Å². The fourth-order valence-electron chi connectivity index (χ4n) is 2.01. The van der Waals surface area contributed by atoms with E-state index in [9.17, 15) is 13.2 Å². The van der Waals surface area contributed by atoms with Gasteiger partial charge in [-0.15, -0.1) is 0 Å². The molecule has 0 amide bonds. The molecule has 0 aromatic rings. The highest BCUT2D eigenvalue weighted by atomic mass is 19.4. The van der Waals surface area contributed by atoms with Crippen molar-refractivity contribution in [2.24, 2.45) is 10.4 Å². The number of likely N-dealkylation sites (tertiary alicyclic amines) is 1. The second kappa shape index (κ2) is 4.63. The zero-order chi connectivity index (χ0) is 14.2. The molecule has 0 aliphatic carbocycles. The van der Waals surface area contributed by atoms with Gasteiger partial charge in [0.15, 0.2) is 5.96 Å². The molecule has 6 heteroatoms. The Labute approximate surface area is 106 Å². The molecule has 0 atom stereocenters. The Morgan fingerprint density at radius 2 is 1.83 bits per heavy atom. The van der Waals surface area contributed by atoms with E-state index < -0.39 is 12.6 Å². The third kappa shape index (κ3) is 2.90. The van der Waals surface area contributed by atoms with Crippen molar-refractivity contribution in [2.45, 2.75) is 45.8 Å². The van der Waals surface area contributed by atoms with E-state index in [4.69, 9.17) is 0 Å². The molecular weight excluding hydrogens is 243 g/mol. The molecule has 0 saturated carbocycles. The number of hydrogen-bond donors (Lipinski definition) is 1. The van der Waals surface area contributed by atoms with Gasteiger partial charge in [-0.1, -0.05) is 13.8 Å². The highest BCUT2D eigenvalue weighted by Gasteiger charge is 2.53. The Morgan fingerprint density at radius 1 is 1.28 bits per heavy atom. The van der Waals surface area contributed by atoms with E-state index in [1.165, 1.54) is 0 Å². The normalized spacial score (nSPS) is 22.7. The number of alkyl halides is 3. The Morgan fingerprint density at radius 3 is 2.17 bits per heavy atom. The van der Waals surface area contributed by atoms with Gasteiger partial charge in [0.2, 0.25) is 0 Å². The summed E-state index contributed by atoms with van der Waals surface area (Å²) in [6.45, 7) is 9.11. The molecule has 1 aliphatic rings. The summed E-state index contributed by atoms with van der Waals surface area (Å²) in [5.41, 5.74) is 0.0295. The summed E-state index contributed by atoms with van der Waals surface area (Å²) >= 11 is 0. The fourth-order valence-corrected chi connectivity index (χ4v) is 2.01. The topological polar surface area (TPSA) is 27.6 Å². The van der Waals surface area contributed by atoms with Crippen LogP contribution in [0.4, 0.5) is 13.2 Å². The largest absolute Gasteiger partial charge is 0.390 e. The van der Waals surface area contributed by atoms with Crippen LogP contribution in [0.2, 0.25) is 0 Å². The third-order valence-electron chi connectivity index (χ3n) is 4.04. The molecule has 1 fully saturated rings. The molecule has 0 spiro atoms. The summed E-state index contributed by atoms with van der Waals surface area (Å²) in [7, 11) is 1.59. The van der Waals surface area contributed by atoms with Gasteiger partial charge in [-0.25, -0.2) is 0 Å². The molecule has 0 aromatic heterocycles. The molecule has 18 heavy (non-hydrogen) atoms. The van der Waals surface area contributed by atoms with Crippen molar-refractivity contribution in [1.29, 1.82) is 0 Å². The fraction of sp³-hybridized carbons (Fsp3) is 0.917. The van der Waals surface area contributed by atoms with E-state index in [2.05, 4.69) is 38.0 Å². The van der Waals surface area contributed by atoms with Gasteiger partial charge in [-0.05, 0) is 13.8 Å². The molecule has 0 bridgehead atoms.